The highest BCUT2D eigenvalue weighted by molar-refractivity contribution is 6.31. The first-order valence-electron chi connectivity index (χ1n) is 8.72. The smallest absolute Gasteiger partial charge is 0.254 e. The van der Waals surface area contributed by atoms with Crippen molar-refractivity contribution in [3.63, 3.8) is 0 Å². The Bertz CT molecular complexity index is 704. The summed E-state index contributed by atoms with van der Waals surface area (Å²) in [7, 11) is 0. The lowest BCUT2D eigenvalue weighted by molar-refractivity contribution is -0.154. The number of amides is 2. The van der Waals surface area contributed by atoms with Crippen LogP contribution >= 0.6 is 11.6 Å². The molecule has 0 radical (unpaired) electrons. The molecule has 5 nitrogen and oxygen atoms in total. The second-order valence-electron chi connectivity index (χ2n) is 7.00. The average molecular weight is 361 g/mol. The van der Waals surface area contributed by atoms with Gasteiger partial charge in [-0.15, -0.1) is 0 Å². The van der Waals surface area contributed by atoms with Crippen LogP contribution in [-0.2, 0) is 14.3 Å². The average Bonchev–Trinajstić information content (AvgIpc) is 3.06. The molecule has 1 N–H and O–H groups in total. The number of nitrogens with one attached hydrogen (secondary N) is 1. The quantitative estimate of drug-likeness (QED) is 0.823. The van der Waals surface area contributed by atoms with Gasteiger partial charge in [0.15, 0.2) is 6.10 Å². The van der Waals surface area contributed by atoms with Gasteiger partial charge in [-0.25, -0.2) is 0 Å². The summed E-state index contributed by atoms with van der Waals surface area (Å²) in [4.78, 5) is 26.9. The maximum Gasteiger partial charge on any atom is 0.254 e. The van der Waals surface area contributed by atoms with Gasteiger partial charge in [0, 0.05) is 18.1 Å². The number of allylic oxidation sites excluding steroid dienone is 2. The Kier molecular flexibility index (Phi) is 4.52. The van der Waals surface area contributed by atoms with Crippen LogP contribution in [0, 0.1) is 11.8 Å². The zero-order valence-electron chi connectivity index (χ0n) is 13.9. The molecule has 0 aromatic heterocycles. The molecule has 3 aliphatic rings. The van der Waals surface area contributed by atoms with Crippen LogP contribution in [0.2, 0.25) is 5.02 Å². The third-order valence-corrected chi connectivity index (χ3v) is 5.77. The van der Waals surface area contributed by atoms with Gasteiger partial charge in [0.1, 0.15) is 6.61 Å². The summed E-state index contributed by atoms with van der Waals surface area (Å²) in [6.45, 7) is 1.42. The Morgan fingerprint density at radius 2 is 1.84 bits per heavy atom. The van der Waals surface area contributed by atoms with E-state index in [-0.39, 0.29) is 18.4 Å². The van der Waals surface area contributed by atoms with Crippen LogP contribution in [0.3, 0.4) is 0 Å². The fourth-order valence-corrected chi connectivity index (χ4v) is 4.36. The van der Waals surface area contributed by atoms with E-state index in [0.717, 1.165) is 25.9 Å². The molecule has 0 bridgehead atoms. The predicted octanol–water partition coefficient (Wildman–Crippen LogP) is 2.32. The number of hydrogen-bond acceptors (Lipinski definition) is 3. The number of hydrogen-bond donors (Lipinski definition) is 1. The lowest BCUT2D eigenvalue weighted by atomic mass is 9.86. The number of nitrogens with zero attached hydrogens (tertiary/aromatic N) is 1. The van der Waals surface area contributed by atoms with Crippen LogP contribution < -0.4 is 5.32 Å². The Morgan fingerprint density at radius 3 is 2.52 bits per heavy atom. The summed E-state index contributed by atoms with van der Waals surface area (Å²) < 4.78 is 5.66. The van der Waals surface area contributed by atoms with Crippen molar-refractivity contribution in [2.75, 3.05) is 19.7 Å². The van der Waals surface area contributed by atoms with E-state index in [0.29, 0.717) is 22.4 Å². The molecule has 0 saturated carbocycles. The lowest BCUT2D eigenvalue weighted by Crippen LogP contribution is -2.53. The molecule has 6 heteroatoms. The molecule has 0 spiro atoms. The molecule has 0 unspecified atom stereocenters. The minimum Gasteiger partial charge on any atom is -0.356 e. The second kappa shape index (κ2) is 6.81. The summed E-state index contributed by atoms with van der Waals surface area (Å²) in [5.41, 5.74) is 0.717. The Labute approximate surface area is 152 Å². The highest BCUT2D eigenvalue weighted by atomic mass is 35.5. The van der Waals surface area contributed by atoms with Crippen LogP contribution in [0.25, 0.3) is 0 Å². The number of morpholine rings is 1. The first-order valence-corrected chi connectivity index (χ1v) is 9.10. The molecule has 25 heavy (non-hydrogen) atoms. The number of carbonyl (C=O) groups is 2. The van der Waals surface area contributed by atoms with Crippen LogP contribution in [0.5, 0.6) is 0 Å². The summed E-state index contributed by atoms with van der Waals surface area (Å²) in [5, 5.41) is 3.41. The molecule has 2 aliphatic heterocycles. The normalized spacial score (nSPS) is 31.6. The largest absolute Gasteiger partial charge is 0.356 e. The van der Waals surface area contributed by atoms with Crippen LogP contribution in [0.1, 0.15) is 24.4 Å². The zero-order chi connectivity index (χ0) is 17.4. The number of fused-ring (bicyclic) bond motifs is 1. The SMILES string of the molecule is O=C1CO[C@H](C(=O)N2C[C@H]3CC=CC[C@H]3C2)[C@@H](c2ccccc2Cl)N1. The minimum absolute atomic E-state index is 0.0562. The van der Waals surface area contributed by atoms with E-state index >= 15 is 0 Å². The molecular weight excluding hydrogens is 340 g/mol. The van der Waals surface area contributed by atoms with Gasteiger partial charge in [-0.2, -0.15) is 0 Å². The standard InChI is InChI=1S/C19H21ClN2O3/c20-15-8-4-3-7-14(15)17-18(25-11-16(23)21-17)19(24)22-9-12-5-1-2-6-13(12)10-22/h1-4,7-8,12-13,17-18H,5-6,9-11H2,(H,21,23)/t12-,13+,17-,18+/m1/s1. The fraction of sp³-hybridized carbons (Fsp3) is 0.474. The van der Waals surface area contributed by atoms with Gasteiger partial charge in [0.05, 0.1) is 6.04 Å². The molecule has 2 amide bonds. The van der Waals surface area contributed by atoms with E-state index in [2.05, 4.69) is 17.5 Å². The van der Waals surface area contributed by atoms with Crippen LogP contribution in [0.15, 0.2) is 36.4 Å². The van der Waals surface area contributed by atoms with Crippen molar-refractivity contribution in [2.24, 2.45) is 11.8 Å². The monoisotopic (exact) mass is 360 g/mol. The Balaban J connectivity index is 1.56. The minimum atomic E-state index is -0.731. The maximum atomic E-state index is 13.1. The maximum absolute atomic E-state index is 13.1. The van der Waals surface area contributed by atoms with Gasteiger partial charge in [0.25, 0.3) is 5.91 Å². The molecule has 4 rings (SSSR count). The highest BCUT2D eigenvalue weighted by Gasteiger charge is 2.43. The molecule has 1 aromatic rings. The van der Waals surface area contributed by atoms with Gasteiger partial charge in [0.2, 0.25) is 5.91 Å². The van der Waals surface area contributed by atoms with E-state index in [1.54, 1.807) is 6.07 Å². The summed E-state index contributed by atoms with van der Waals surface area (Å²) >= 11 is 6.29. The zero-order valence-corrected chi connectivity index (χ0v) is 14.6. The third kappa shape index (κ3) is 3.18. The molecule has 4 atom stereocenters. The Morgan fingerprint density at radius 1 is 1.16 bits per heavy atom. The van der Waals surface area contributed by atoms with Crippen molar-refractivity contribution in [1.29, 1.82) is 0 Å². The molecule has 2 fully saturated rings. The molecule has 1 aliphatic carbocycles. The van der Waals surface area contributed by atoms with Gasteiger partial charge in [-0.3, -0.25) is 9.59 Å². The van der Waals surface area contributed by atoms with E-state index < -0.39 is 12.1 Å². The first-order chi connectivity index (χ1) is 12.1. The lowest BCUT2D eigenvalue weighted by Gasteiger charge is -2.34. The molecule has 2 heterocycles. The summed E-state index contributed by atoms with van der Waals surface area (Å²) in [6, 6.07) is 6.71. The van der Waals surface area contributed by atoms with Crippen LogP contribution in [0.4, 0.5) is 0 Å². The van der Waals surface area contributed by atoms with Crippen molar-refractivity contribution >= 4 is 23.4 Å². The van der Waals surface area contributed by atoms with Gasteiger partial charge >= 0.3 is 0 Å². The number of halogens is 1. The number of ether oxygens (including phenoxy) is 1. The van der Waals surface area contributed by atoms with Crippen LogP contribution in [-0.4, -0.2) is 42.5 Å². The number of rotatable bonds is 2. The molecule has 132 valence electrons. The fourth-order valence-electron chi connectivity index (χ4n) is 4.11. The molecule has 2 saturated heterocycles. The van der Waals surface area contributed by atoms with Gasteiger partial charge in [-0.1, -0.05) is 42.0 Å². The third-order valence-electron chi connectivity index (χ3n) is 5.43. The summed E-state index contributed by atoms with van der Waals surface area (Å²) in [5.74, 6) is 0.782. The van der Waals surface area contributed by atoms with Gasteiger partial charge < -0.3 is 15.0 Å². The number of benzene rings is 1. The van der Waals surface area contributed by atoms with Crippen molar-refractivity contribution in [1.82, 2.24) is 10.2 Å². The second-order valence-corrected chi connectivity index (χ2v) is 7.41. The molecule has 1 aromatic carbocycles. The van der Waals surface area contributed by atoms with E-state index in [9.17, 15) is 9.59 Å². The van der Waals surface area contributed by atoms with E-state index in [1.165, 1.54) is 0 Å². The van der Waals surface area contributed by atoms with Crippen molar-refractivity contribution in [3.05, 3.63) is 47.0 Å². The highest BCUT2D eigenvalue weighted by Crippen LogP contribution is 2.35. The van der Waals surface area contributed by atoms with E-state index in [1.807, 2.05) is 23.1 Å². The van der Waals surface area contributed by atoms with Crippen molar-refractivity contribution in [3.8, 4) is 0 Å². The topological polar surface area (TPSA) is 58.6 Å². The van der Waals surface area contributed by atoms with Crippen molar-refractivity contribution < 1.29 is 14.3 Å². The van der Waals surface area contributed by atoms with Crippen molar-refractivity contribution in [2.45, 2.75) is 25.0 Å². The van der Waals surface area contributed by atoms with Gasteiger partial charge in [-0.05, 0) is 36.3 Å². The van der Waals surface area contributed by atoms with E-state index in [4.69, 9.17) is 16.3 Å². The Hall–Kier alpha value is -1.85. The number of likely N-dealkylation sites (tertiary alicyclic amines) is 1. The number of carbonyl (C=O) groups excluding carboxylic acids is 2. The predicted molar refractivity (Wildman–Crippen MR) is 94.0 cm³/mol. The summed E-state index contributed by atoms with van der Waals surface area (Å²) in [6.07, 6.45) is 5.75. The first kappa shape index (κ1) is 16.6. The molecular formula is C19H21ClN2O3.